The number of aliphatic hydroxyl groups is 1. The number of aliphatic carboxylic acids is 1. The molecular formula is C17H25NO5S. The summed E-state index contributed by atoms with van der Waals surface area (Å²) in [6.45, 7) is 5.29. The van der Waals surface area contributed by atoms with E-state index in [9.17, 15) is 23.4 Å². The third kappa shape index (κ3) is 3.20. The lowest BCUT2D eigenvalue weighted by Gasteiger charge is -2.42. The van der Waals surface area contributed by atoms with E-state index in [0.29, 0.717) is 12.0 Å². The monoisotopic (exact) mass is 355 g/mol. The summed E-state index contributed by atoms with van der Waals surface area (Å²) < 4.78 is 27.3. The highest BCUT2D eigenvalue weighted by Crippen LogP contribution is 2.38. The molecule has 0 amide bonds. The van der Waals surface area contributed by atoms with Crippen molar-refractivity contribution in [1.29, 1.82) is 0 Å². The number of sulfonamides is 1. The maximum Gasteiger partial charge on any atom is 0.313 e. The number of carboxylic acid groups (broad SMARTS) is 1. The van der Waals surface area contributed by atoms with Crippen molar-refractivity contribution in [2.75, 3.05) is 13.1 Å². The number of piperidine rings is 1. The predicted molar refractivity (Wildman–Crippen MR) is 90.3 cm³/mol. The molecule has 1 saturated heterocycles. The number of carboxylic acids is 1. The van der Waals surface area contributed by atoms with Crippen LogP contribution in [-0.4, -0.2) is 48.1 Å². The fourth-order valence-electron chi connectivity index (χ4n) is 3.38. The van der Waals surface area contributed by atoms with Crippen LogP contribution in [0.2, 0.25) is 0 Å². The number of hydrogen-bond donors (Lipinski definition) is 2. The smallest absolute Gasteiger partial charge is 0.313 e. The normalized spacial score (nSPS) is 25.6. The standard InChI is InChI=1S/C17H25NO5S/c1-4-8-17(16(20)21)11-18(9-7-15(17)19)24(22,23)14-10-12(2)5-6-13(14)3/h5-6,10,15,19H,4,7-9,11H2,1-3H3,(H,20,21)/t15-,17+/m1/s1. The molecular weight excluding hydrogens is 330 g/mol. The van der Waals surface area contributed by atoms with Gasteiger partial charge in [0.05, 0.1) is 11.0 Å². The van der Waals surface area contributed by atoms with E-state index >= 15 is 0 Å². The first-order valence-electron chi connectivity index (χ1n) is 8.14. The number of aryl methyl sites for hydroxylation is 2. The number of rotatable bonds is 5. The van der Waals surface area contributed by atoms with Crippen LogP contribution in [0, 0.1) is 19.3 Å². The van der Waals surface area contributed by atoms with Gasteiger partial charge in [-0.05, 0) is 43.9 Å². The Morgan fingerprint density at radius 2 is 2.04 bits per heavy atom. The Labute approximate surface area is 143 Å². The van der Waals surface area contributed by atoms with E-state index in [1.807, 2.05) is 19.9 Å². The molecule has 0 bridgehead atoms. The Kier molecular flexibility index (Phi) is 5.37. The van der Waals surface area contributed by atoms with Gasteiger partial charge in [-0.2, -0.15) is 4.31 Å². The first kappa shape index (κ1) is 18.9. The molecule has 2 N–H and O–H groups in total. The fraction of sp³-hybridized carbons (Fsp3) is 0.588. The van der Waals surface area contributed by atoms with Crippen molar-refractivity contribution in [2.24, 2.45) is 5.41 Å². The van der Waals surface area contributed by atoms with E-state index in [2.05, 4.69) is 0 Å². The van der Waals surface area contributed by atoms with Crippen molar-refractivity contribution in [2.45, 2.75) is 51.0 Å². The van der Waals surface area contributed by atoms with E-state index in [4.69, 9.17) is 0 Å². The van der Waals surface area contributed by atoms with Crippen molar-refractivity contribution in [3.63, 3.8) is 0 Å². The molecule has 0 aromatic heterocycles. The SMILES string of the molecule is CCC[C@]1(C(=O)O)CN(S(=O)(=O)c2cc(C)ccc2C)CC[C@H]1O. The van der Waals surface area contributed by atoms with Crippen molar-refractivity contribution < 1.29 is 23.4 Å². The lowest BCUT2D eigenvalue weighted by atomic mass is 9.74. The summed E-state index contributed by atoms with van der Waals surface area (Å²) >= 11 is 0. The fourth-order valence-corrected chi connectivity index (χ4v) is 5.21. The zero-order valence-electron chi connectivity index (χ0n) is 14.3. The van der Waals surface area contributed by atoms with E-state index in [-0.39, 0.29) is 30.8 Å². The minimum Gasteiger partial charge on any atom is -0.481 e. The largest absolute Gasteiger partial charge is 0.481 e. The highest BCUT2D eigenvalue weighted by atomic mass is 32.2. The Bertz CT molecular complexity index is 730. The van der Waals surface area contributed by atoms with Crippen LogP contribution in [0.25, 0.3) is 0 Å². The molecule has 1 aliphatic heterocycles. The summed E-state index contributed by atoms with van der Waals surface area (Å²) in [5.74, 6) is -1.14. The average molecular weight is 355 g/mol. The molecule has 2 atom stereocenters. The molecule has 1 fully saturated rings. The number of aliphatic hydroxyl groups excluding tert-OH is 1. The molecule has 134 valence electrons. The number of benzene rings is 1. The van der Waals surface area contributed by atoms with Gasteiger partial charge in [-0.15, -0.1) is 0 Å². The third-order valence-electron chi connectivity index (χ3n) is 4.83. The molecule has 7 heteroatoms. The van der Waals surface area contributed by atoms with Crippen LogP contribution < -0.4 is 0 Å². The molecule has 0 unspecified atom stereocenters. The van der Waals surface area contributed by atoms with Gasteiger partial charge in [0.1, 0.15) is 5.41 Å². The van der Waals surface area contributed by atoms with Crippen molar-refractivity contribution >= 4 is 16.0 Å². The first-order valence-corrected chi connectivity index (χ1v) is 9.58. The van der Waals surface area contributed by atoms with Crippen molar-refractivity contribution in [1.82, 2.24) is 4.31 Å². The predicted octanol–water partition coefficient (Wildman–Crippen LogP) is 1.93. The topological polar surface area (TPSA) is 94.9 Å². The number of nitrogens with zero attached hydrogens (tertiary/aromatic N) is 1. The minimum absolute atomic E-state index is 0.121. The summed E-state index contributed by atoms with van der Waals surface area (Å²) in [4.78, 5) is 12.0. The highest BCUT2D eigenvalue weighted by molar-refractivity contribution is 7.89. The third-order valence-corrected chi connectivity index (χ3v) is 6.82. The van der Waals surface area contributed by atoms with Gasteiger partial charge in [-0.1, -0.05) is 25.5 Å². The molecule has 0 radical (unpaired) electrons. The summed E-state index contributed by atoms with van der Waals surface area (Å²) in [6.07, 6.45) is -0.126. The first-order chi connectivity index (χ1) is 11.1. The second-order valence-corrected chi connectivity index (χ2v) is 8.53. The van der Waals surface area contributed by atoms with Gasteiger partial charge in [-0.3, -0.25) is 4.79 Å². The van der Waals surface area contributed by atoms with Gasteiger partial charge < -0.3 is 10.2 Å². The van der Waals surface area contributed by atoms with Crippen LogP contribution in [0.1, 0.15) is 37.3 Å². The molecule has 1 heterocycles. The molecule has 1 aromatic carbocycles. The molecule has 6 nitrogen and oxygen atoms in total. The molecule has 24 heavy (non-hydrogen) atoms. The summed E-state index contributed by atoms with van der Waals surface area (Å²) in [6, 6.07) is 5.20. The maximum atomic E-state index is 13.0. The van der Waals surface area contributed by atoms with Crippen molar-refractivity contribution in [3.05, 3.63) is 29.3 Å². The van der Waals surface area contributed by atoms with E-state index in [0.717, 1.165) is 5.56 Å². The van der Waals surface area contributed by atoms with Crippen molar-refractivity contribution in [3.8, 4) is 0 Å². The molecule has 0 aliphatic carbocycles. The van der Waals surface area contributed by atoms with Crippen LogP contribution in [-0.2, 0) is 14.8 Å². The van der Waals surface area contributed by atoms with Crippen LogP contribution in [0.5, 0.6) is 0 Å². The van der Waals surface area contributed by atoms with Crippen LogP contribution >= 0.6 is 0 Å². The zero-order chi connectivity index (χ0) is 18.1. The van der Waals surface area contributed by atoms with Crippen LogP contribution in [0.3, 0.4) is 0 Å². The Balaban J connectivity index is 2.44. The average Bonchev–Trinajstić information content (AvgIpc) is 2.51. The molecule has 1 aliphatic rings. The van der Waals surface area contributed by atoms with Gasteiger partial charge in [-0.25, -0.2) is 8.42 Å². The lowest BCUT2D eigenvalue weighted by molar-refractivity contribution is -0.161. The van der Waals surface area contributed by atoms with E-state index < -0.39 is 27.5 Å². The van der Waals surface area contributed by atoms with Gasteiger partial charge in [0.2, 0.25) is 10.0 Å². The summed E-state index contributed by atoms with van der Waals surface area (Å²) in [7, 11) is -3.80. The van der Waals surface area contributed by atoms with E-state index in [1.54, 1.807) is 19.1 Å². The highest BCUT2D eigenvalue weighted by Gasteiger charge is 2.51. The molecule has 0 saturated carbocycles. The zero-order valence-corrected chi connectivity index (χ0v) is 15.1. The second-order valence-electron chi connectivity index (χ2n) is 6.62. The van der Waals surface area contributed by atoms with Crippen LogP contribution in [0.4, 0.5) is 0 Å². The summed E-state index contributed by atoms with van der Waals surface area (Å²) in [5, 5.41) is 19.9. The Morgan fingerprint density at radius 3 is 2.62 bits per heavy atom. The number of hydrogen-bond acceptors (Lipinski definition) is 4. The lowest BCUT2D eigenvalue weighted by Crippen LogP contribution is -2.57. The van der Waals surface area contributed by atoms with E-state index in [1.165, 1.54) is 4.31 Å². The number of carbonyl (C=O) groups is 1. The minimum atomic E-state index is -3.80. The Hall–Kier alpha value is -1.44. The van der Waals surface area contributed by atoms with Gasteiger partial charge >= 0.3 is 5.97 Å². The quantitative estimate of drug-likeness (QED) is 0.841. The van der Waals surface area contributed by atoms with Crippen LogP contribution in [0.15, 0.2) is 23.1 Å². The molecule has 0 spiro atoms. The maximum absolute atomic E-state index is 13.0. The molecule has 1 aromatic rings. The Morgan fingerprint density at radius 1 is 1.38 bits per heavy atom. The van der Waals surface area contributed by atoms with Gasteiger partial charge in [0.25, 0.3) is 0 Å². The van der Waals surface area contributed by atoms with Gasteiger partial charge in [0.15, 0.2) is 0 Å². The second kappa shape index (κ2) is 6.82. The molecule has 2 rings (SSSR count). The summed E-state index contributed by atoms with van der Waals surface area (Å²) in [5.41, 5.74) is 0.00931. The van der Waals surface area contributed by atoms with Gasteiger partial charge in [0, 0.05) is 13.1 Å².